The van der Waals surface area contributed by atoms with Crippen LogP contribution in [0.4, 0.5) is 5.69 Å². The Bertz CT molecular complexity index is 418. The minimum Gasteiger partial charge on any atom is -0.399 e. The molecule has 84 valence electrons. The zero-order chi connectivity index (χ0) is 12.1. The summed E-state index contributed by atoms with van der Waals surface area (Å²) in [6, 6.07) is 6.44. The molecule has 7 heteroatoms. The first-order valence-corrected chi connectivity index (χ1v) is 5.90. The summed E-state index contributed by atoms with van der Waals surface area (Å²) in [5, 5.41) is -0.458. The van der Waals surface area contributed by atoms with Crippen molar-refractivity contribution in [3.05, 3.63) is 29.8 Å². The highest BCUT2D eigenvalue weighted by atomic mass is 35.5. The molecule has 0 heterocycles. The molecule has 0 aliphatic carbocycles. The van der Waals surface area contributed by atoms with E-state index in [2.05, 4.69) is 0 Å². The number of nitrogens with two attached hydrogens (primary N) is 1. The molecule has 0 fully saturated rings. The number of rotatable bonds is 1. The lowest BCUT2D eigenvalue weighted by molar-refractivity contribution is 0.108. The van der Waals surface area contributed by atoms with Gasteiger partial charge in [0.05, 0.1) is 6.26 Å². The third kappa shape index (κ3) is 9.20. The number of carbonyl (C=O) groups excluding carboxylic acids is 1. The summed E-state index contributed by atoms with van der Waals surface area (Å²) in [5.74, 6) is 0. The minimum atomic E-state index is -3.67. The van der Waals surface area contributed by atoms with Crippen molar-refractivity contribution in [2.24, 2.45) is 0 Å². The molecule has 0 saturated carbocycles. The van der Waals surface area contributed by atoms with E-state index in [0.29, 0.717) is 17.5 Å². The SMILES string of the molecule is CS(=O)(=O)O.Nc1ccc(C(=O)Cl)cc1. The zero-order valence-corrected chi connectivity index (χ0v) is 9.42. The van der Waals surface area contributed by atoms with Crippen LogP contribution in [0.2, 0.25) is 0 Å². The van der Waals surface area contributed by atoms with E-state index in [1.807, 2.05) is 0 Å². The number of carbonyl (C=O) groups is 1. The fourth-order valence-corrected chi connectivity index (χ4v) is 0.740. The van der Waals surface area contributed by atoms with E-state index in [4.69, 9.17) is 21.9 Å². The van der Waals surface area contributed by atoms with Crippen molar-refractivity contribution in [2.75, 3.05) is 12.0 Å². The fraction of sp³-hybridized carbons (Fsp3) is 0.125. The van der Waals surface area contributed by atoms with Crippen LogP contribution in [-0.2, 0) is 10.1 Å². The molecule has 0 bridgehead atoms. The van der Waals surface area contributed by atoms with Gasteiger partial charge in [0.15, 0.2) is 0 Å². The number of halogens is 1. The summed E-state index contributed by atoms with van der Waals surface area (Å²) < 4.78 is 25.9. The van der Waals surface area contributed by atoms with Crippen molar-refractivity contribution >= 4 is 32.6 Å². The van der Waals surface area contributed by atoms with E-state index in [1.54, 1.807) is 24.3 Å². The standard InChI is InChI=1S/C7H6ClNO.CH4O3S/c8-7(10)5-1-3-6(9)4-2-5;1-5(2,3)4/h1-4H,9H2;1H3,(H,2,3,4). The van der Waals surface area contributed by atoms with Gasteiger partial charge in [0.1, 0.15) is 0 Å². The smallest absolute Gasteiger partial charge is 0.261 e. The van der Waals surface area contributed by atoms with Crippen LogP contribution in [0.3, 0.4) is 0 Å². The third-order valence-electron chi connectivity index (χ3n) is 1.14. The predicted molar refractivity (Wildman–Crippen MR) is 58.5 cm³/mol. The highest BCUT2D eigenvalue weighted by Crippen LogP contribution is 2.07. The average Bonchev–Trinajstić information content (AvgIpc) is 2.01. The van der Waals surface area contributed by atoms with E-state index >= 15 is 0 Å². The minimum absolute atomic E-state index is 0.458. The van der Waals surface area contributed by atoms with Crippen molar-refractivity contribution in [1.82, 2.24) is 0 Å². The van der Waals surface area contributed by atoms with Gasteiger partial charge < -0.3 is 5.73 Å². The Morgan fingerprint density at radius 2 is 1.67 bits per heavy atom. The maximum absolute atomic E-state index is 10.5. The topological polar surface area (TPSA) is 97.5 Å². The van der Waals surface area contributed by atoms with Crippen LogP contribution in [0, 0.1) is 0 Å². The Labute approximate surface area is 92.6 Å². The number of nitrogen functional groups attached to an aromatic ring is 1. The summed E-state index contributed by atoms with van der Waals surface area (Å²) in [6.07, 6.45) is 0.715. The van der Waals surface area contributed by atoms with Gasteiger partial charge in [-0.25, -0.2) is 0 Å². The van der Waals surface area contributed by atoms with Gasteiger partial charge in [-0.2, -0.15) is 8.42 Å². The lowest BCUT2D eigenvalue weighted by atomic mass is 10.2. The number of hydrogen-bond acceptors (Lipinski definition) is 4. The quantitative estimate of drug-likeness (QED) is 0.443. The van der Waals surface area contributed by atoms with Gasteiger partial charge in [0.25, 0.3) is 15.4 Å². The molecule has 0 aromatic heterocycles. The van der Waals surface area contributed by atoms with Crippen LogP contribution in [-0.4, -0.2) is 24.5 Å². The second kappa shape index (κ2) is 5.69. The van der Waals surface area contributed by atoms with Crippen LogP contribution >= 0.6 is 11.6 Å². The van der Waals surface area contributed by atoms with Crippen molar-refractivity contribution in [1.29, 1.82) is 0 Å². The molecule has 3 N–H and O–H groups in total. The average molecular weight is 252 g/mol. The van der Waals surface area contributed by atoms with Gasteiger partial charge in [-0.3, -0.25) is 9.35 Å². The maximum Gasteiger partial charge on any atom is 0.261 e. The summed E-state index contributed by atoms with van der Waals surface area (Å²) in [5.41, 5.74) is 6.47. The Balaban J connectivity index is 0.000000336. The first kappa shape index (κ1) is 13.9. The Kier molecular flexibility index (Phi) is 5.27. The monoisotopic (exact) mass is 251 g/mol. The molecule has 0 saturated heterocycles. The van der Waals surface area contributed by atoms with E-state index in [9.17, 15) is 13.2 Å². The summed E-state index contributed by atoms with van der Waals surface area (Å²) in [6.45, 7) is 0. The molecular formula is C8H10ClNO4S. The van der Waals surface area contributed by atoms with E-state index < -0.39 is 15.4 Å². The molecule has 5 nitrogen and oxygen atoms in total. The number of anilines is 1. The van der Waals surface area contributed by atoms with Crippen molar-refractivity contribution in [3.63, 3.8) is 0 Å². The van der Waals surface area contributed by atoms with Crippen LogP contribution in [0.15, 0.2) is 24.3 Å². The Hall–Kier alpha value is -1.11. The van der Waals surface area contributed by atoms with Crippen molar-refractivity contribution < 1.29 is 17.8 Å². The second-order valence-electron chi connectivity index (χ2n) is 2.63. The third-order valence-corrected chi connectivity index (χ3v) is 1.36. The first-order chi connectivity index (χ1) is 6.70. The van der Waals surface area contributed by atoms with E-state index in [0.717, 1.165) is 0 Å². The van der Waals surface area contributed by atoms with E-state index in [1.165, 1.54) is 0 Å². The number of hydrogen-bond donors (Lipinski definition) is 2. The molecule has 0 spiro atoms. The van der Waals surface area contributed by atoms with E-state index in [-0.39, 0.29) is 0 Å². The van der Waals surface area contributed by atoms with Gasteiger partial charge in [-0.15, -0.1) is 0 Å². The summed E-state index contributed by atoms with van der Waals surface area (Å²) in [4.78, 5) is 10.5. The normalized spacial score (nSPS) is 10.1. The molecular weight excluding hydrogens is 242 g/mol. The Morgan fingerprint density at radius 3 is 1.93 bits per heavy atom. The lowest BCUT2D eigenvalue weighted by Crippen LogP contribution is -1.89. The Morgan fingerprint density at radius 1 is 1.33 bits per heavy atom. The lowest BCUT2D eigenvalue weighted by Gasteiger charge is -1.92. The first-order valence-electron chi connectivity index (χ1n) is 3.68. The van der Waals surface area contributed by atoms with Gasteiger partial charge >= 0.3 is 0 Å². The van der Waals surface area contributed by atoms with Gasteiger partial charge in [0.2, 0.25) is 0 Å². The maximum atomic E-state index is 10.5. The van der Waals surface area contributed by atoms with Crippen LogP contribution in [0.5, 0.6) is 0 Å². The van der Waals surface area contributed by atoms with Gasteiger partial charge in [0, 0.05) is 11.3 Å². The largest absolute Gasteiger partial charge is 0.399 e. The van der Waals surface area contributed by atoms with Crippen molar-refractivity contribution in [3.8, 4) is 0 Å². The molecule has 15 heavy (non-hydrogen) atoms. The van der Waals surface area contributed by atoms with Gasteiger partial charge in [-0.05, 0) is 35.9 Å². The summed E-state index contributed by atoms with van der Waals surface area (Å²) in [7, 11) is -3.67. The fourth-order valence-electron chi connectivity index (χ4n) is 0.614. The highest BCUT2D eigenvalue weighted by Gasteiger charge is 1.98. The van der Waals surface area contributed by atoms with Crippen LogP contribution in [0.25, 0.3) is 0 Å². The molecule has 1 aromatic carbocycles. The summed E-state index contributed by atoms with van der Waals surface area (Å²) >= 11 is 5.18. The predicted octanol–water partition coefficient (Wildman–Crippen LogP) is 1.15. The molecule has 0 amide bonds. The molecule has 0 atom stereocenters. The molecule has 1 aromatic rings. The molecule has 0 radical (unpaired) electrons. The molecule has 0 unspecified atom stereocenters. The second-order valence-corrected chi connectivity index (χ2v) is 4.44. The molecule has 0 aliphatic heterocycles. The molecule has 0 aliphatic rings. The zero-order valence-electron chi connectivity index (χ0n) is 7.84. The van der Waals surface area contributed by atoms with Crippen LogP contribution in [0.1, 0.15) is 10.4 Å². The van der Waals surface area contributed by atoms with Gasteiger partial charge in [-0.1, -0.05) is 0 Å². The molecule has 1 rings (SSSR count). The van der Waals surface area contributed by atoms with Crippen molar-refractivity contribution in [2.45, 2.75) is 0 Å². The number of benzene rings is 1. The van der Waals surface area contributed by atoms with Crippen LogP contribution < -0.4 is 5.73 Å². The highest BCUT2D eigenvalue weighted by molar-refractivity contribution is 7.85.